The zero-order chi connectivity index (χ0) is 21.9. The van der Waals surface area contributed by atoms with Gasteiger partial charge < -0.3 is 0 Å². The minimum absolute atomic E-state index is 0.141. The van der Waals surface area contributed by atoms with Gasteiger partial charge in [0.1, 0.15) is 0 Å². The van der Waals surface area contributed by atoms with Crippen LogP contribution >= 0.6 is 0 Å². The van der Waals surface area contributed by atoms with Crippen molar-refractivity contribution >= 4 is 11.5 Å². The van der Waals surface area contributed by atoms with Gasteiger partial charge in [-0.2, -0.15) is 0 Å². The number of rotatable bonds is 3. The van der Waals surface area contributed by atoms with Crippen LogP contribution in [0.5, 0.6) is 0 Å². The maximum atomic E-state index is 13.1. The highest BCUT2D eigenvalue weighted by atomic mass is 16.1. The van der Waals surface area contributed by atoms with E-state index in [-0.39, 0.29) is 16.6 Å². The molecule has 1 aliphatic carbocycles. The summed E-state index contributed by atoms with van der Waals surface area (Å²) in [6.45, 7) is 12.5. The molecule has 2 heteroatoms. The van der Waals surface area contributed by atoms with Gasteiger partial charge in [0.25, 0.3) is 0 Å². The standard InChI is InChI=1S/C28H31NO/c1-27(2,3)23-17-20(18-24(26(23)30)28(4,5)6)19-29-25(21-13-9-7-10-14-21)22-15-11-8-12-16-22/h7-19H,1-6H3. The van der Waals surface area contributed by atoms with Gasteiger partial charge >= 0.3 is 0 Å². The second-order valence-corrected chi connectivity index (χ2v) is 9.78. The molecule has 0 atom stereocenters. The van der Waals surface area contributed by atoms with Gasteiger partial charge in [0.15, 0.2) is 5.78 Å². The fourth-order valence-electron chi connectivity index (χ4n) is 3.49. The fraction of sp³-hybridized carbons (Fsp3) is 0.286. The third kappa shape index (κ3) is 4.94. The van der Waals surface area contributed by atoms with E-state index < -0.39 is 0 Å². The quantitative estimate of drug-likeness (QED) is 0.516. The van der Waals surface area contributed by atoms with Gasteiger partial charge in [-0.1, -0.05) is 102 Å². The largest absolute Gasteiger partial charge is 0.289 e. The van der Waals surface area contributed by atoms with E-state index in [2.05, 4.69) is 65.8 Å². The monoisotopic (exact) mass is 397 g/mol. The van der Waals surface area contributed by atoms with Crippen LogP contribution in [-0.2, 0) is 4.79 Å². The highest BCUT2D eigenvalue weighted by Gasteiger charge is 2.33. The zero-order valence-electron chi connectivity index (χ0n) is 18.9. The molecule has 2 nitrogen and oxygen atoms in total. The van der Waals surface area contributed by atoms with Crippen molar-refractivity contribution in [3.8, 4) is 0 Å². The Balaban J connectivity index is 2.15. The number of hydrogen-bond donors (Lipinski definition) is 0. The molecule has 0 fully saturated rings. The fourth-order valence-corrected chi connectivity index (χ4v) is 3.49. The van der Waals surface area contributed by atoms with E-state index >= 15 is 0 Å². The summed E-state index contributed by atoms with van der Waals surface area (Å²) >= 11 is 0. The molecule has 1 aliphatic rings. The Bertz CT molecular complexity index is 960. The number of benzene rings is 2. The Labute approximate surface area is 180 Å². The Morgan fingerprint density at radius 2 is 1.10 bits per heavy atom. The first-order valence-corrected chi connectivity index (χ1v) is 10.5. The van der Waals surface area contributed by atoms with Crippen molar-refractivity contribution in [3.63, 3.8) is 0 Å². The van der Waals surface area contributed by atoms with Crippen LogP contribution in [0.4, 0.5) is 0 Å². The molecule has 0 saturated carbocycles. The molecule has 3 rings (SSSR count). The predicted octanol–water partition coefficient (Wildman–Crippen LogP) is 6.94. The van der Waals surface area contributed by atoms with Gasteiger partial charge in [-0.15, -0.1) is 0 Å². The molecule has 0 spiro atoms. The molecule has 0 unspecified atom stereocenters. The lowest BCUT2D eigenvalue weighted by Gasteiger charge is -2.31. The highest BCUT2D eigenvalue weighted by Crippen LogP contribution is 2.38. The lowest BCUT2D eigenvalue weighted by molar-refractivity contribution is -0.114. The summed E-state index contributed by atoms with van der Waals surface area (Å²) in [6.07, 6.45) is 5.88. The van der Waals surface area contributed by atoms with E-state index in [4.69, 9.17) is 4.99 Å². The van der Waals surface area contributed by atoms with E-state index in [9.17, 15) is 4.79 Å². The molecule has 30 heavy (non-hydrogen) atoms. The first-order valence-electron chi connectivity index (χ1n) is 10.5. The summed E-state index contributed by atoms with van der Waals surface area (Å²) < 4.78 is 0. The second-order valence-electron chi connectivity index (χ2n) is 9.78. The van der Waals surface area contributed by atoms with Crippen LogP contribution < -0.4 is 0 Å². The van der Waals surface area contributed by atoms with Gasteiger partial charge in [-0.3, -0.25) is 9.79 Å². The predicted molar refractivity (Wildman–Crippen MR) is 127 cm³/mol. The van der Waals surface area contributed by atoms with Gasteiger partial charge in [-0.25, -0.2) is 0 Å². The lowest BCUT2D eigenvalue weighted by atomic mass is 9.72. The number of aliphatic imine (C=N–C) groups is 1. The first kappa shape index (κ1) is 21.7. The van der Waals surface area contributed by atoms with E-state index in [1.807, 2.05) is 54.8 Å². The van der Waals surface area contributed by atoms with Gasteiger partial charge in [0, 0.05) is 28.5 Å². The number of ketones is 1. The molecule has 0 aliphatic heterocycles. The smallest absolute Gasteiger partial charge is 0.186 e. The van der Waals surface area contributed by atoms with Crippen molar-refractivity contribution in [2.24, 2.45) is 15.8 Å². The van der Waals surface area contributed by atoms with Crippen molar-refractivity contribution in [2.45, 2.75) is 41.5 Å². The molecule has 2 aromatic rings. The number of carbonyl (C=O) groups is 1. The number of allylic oxidation sites excluding steroid dienone is 5. The number of carbonyl (C=O) groups excluding carboxylic acids is 1. The molecule has 0 radical (unpaired) electrons. The van der Waals surface area contributed by atoms with E-state index in [0.29, 0.717) is 0 Å². The average Bonchev–Trinajstić information content (AvgIpc) is 2.69. The highest BCUT2D eigenvalue weighted by molar-refractivity contribution is 6.13. The summed E-state index contributed by atoms with van der Waals surface area (Å²) in [5.41, 5.74) is 5.19. The van der Waals surface area contributed by atoms with Crippen LogP contribution in [0.2, 0.25) is 0 Å². The van der Waals surface area contributed by atoms with Gasteiger partial charge in [-0.05, 0) is 28.6 Å². The van der Waals surface area contributed by atoms with Crippen molar-refractivity contribution in [2.75, 3.05) is 0 Å². The molecule has 0 aromatic heterocycles. The second kappa shape index (κ2) is 8.39. The Hall–Kier alpha value is -3.00. The molecular weight excluding hydrogens is 366 g/mol. The van der Waals surface area contributed by atoms with E-state index in [1.54, 1.807) is 0 Å². The van der Waals surface area contributed by atoms with E-state index in [0.717, 1.165) is 33.6 Å². The maximum Gasteiger partial charge on any atom is 0.186 e. The summed E-state index contributed by atoms with van der Waals surface area (Å²) in [6, 6.07) is 20.4. The first-order chi connectivity index (χ1) is 14.1. The van der Waals surface area contributed by atoms with E-state index in [1.165, 1.54) is 0 Å². The number of nitrogens with zero attached hydrogens (tertiary/aromatic N) is 1. The lowest BCUT2D eigenvalue weighted by Crippen LogP contribution is -2.27. The molecule has 154 valence electrons. The van der Waals surface area contributed by atoms with Crippen molar-refractivity contribution in [1.29, 1.82) is 0 Å². The van der Waals surface area contributed by atoms with Crippen LogP contribution in [-0.4, -0.2) is 11.5 Å². The number of hydrogen-bond acceptors (Lipinski definition) is 2. The van der Waals surface area contributed by atoms with Crippen molar-refractivity contribution in [1.82, 2.24) is 0 Å². The molecule has 0 N–H and O–H groups in total. The van der Waals surface area contributed by atoms with Crippen LogP contribution in [0.3, 0.4) is 0 Å². The summed E-state index contributed by atoms with van der Waals surface area (Å²) in [4.78, 5) is 18.0. The summed E-state index contributed by atoms with van der Waals surface area (Å²) in [7, 11) is 0. The minimum Gasteiger partial charge on any atom is -0.289 e. The number of Topliss-reactive ketones (excluding diaryl/α,β-unsaturated/α-hetero) is 1. The molecule has 0 saturated heterocycles. The normalized spacial score (nSPS) is 14.7. The molecule has 2 aromatic carbocycles. The van der Waals surface area contributed by atoms with Crippen molar-refractivity contribution in [3.05, 3.63) is 107 Å². The average molecular weight is 398 g/mol. The van der Waals surface area contributed by atoms with Crippen LogP contribution in [0.1, 0.15) is 52.7 Å². The van der Waals surface area contributed by atoms with Gasteiger partial charge in [0.05, 0.1) is 5.71 Å². The topological polar surface area (TPSA) is 29.4 Å². The minimum atomic E-state index is -0.230. The Morgan fingerprint density at radius 3 is 1.47 bits per heavy atom. The van der Waals surface area contributed by atoms with Crippen molar-refractivity contribution < 1.29 is 4.79 Å². The SMILES string of the molecule is CC(C)(C)C1=CC(=CN=C(c2ccccc2)c2ccccc2)C=C(C(C)(C)C)C1=O. The third-order valence-corrected chi connectivity index (χ3v) is 5.16. The maximum absolute atomic E-state index is 13.1. The van der Waals surface area contributed by atoms with Crippen LogP contribution in [0, 0.1) is 10.8 Å². The molecule has 0 bridgehead atoms. The third-order valence-electron chi connectivity index (χ3n) is 5.16. The van der Waals surface area contributed by atoms with Crippen LogP contribution in [0.25, 0.3) is 0 Å². The summed E-state index contributed by atoms with van der Waals surface area (Å²) in [5.74, 6) is 0.141. The van der Waals surface area contributed by atoms with Gasteiger partial charge in [0.2, 0.25) is 0 Å². The molecule has 0 heterocycles. The Morgan fingerprint density at radius 1 is 0.700 bits per heavy atom. The Kier molecular flexibility index (Phi) is 6.07. The summed E-state index contributed by atoms with van der Waals surface area (Å²) in [5, 5.41) is 0. The zero-order valence-corrected chi connectivity index (χ0v) is 18.9. The molecular formula is C28H31NO. The van der Waals surface area contributed by atoms with Crippen LogP contribution in [0.15, 0.2) is 101 Å². The molecule has 0 amide bonds.